The molecule has 0 aromatic heterocycles. The number of benzene rings is 2. The molecule has 5 atom stereocenters. The highest BCUT2D eigenvalue weighted by atomic mass is 16.5. The number of carbonyl (C=O) groups excluding carboxylic acids is 3. The van der Waals surface area contributed by atoms with Crippen molar-refractivity contribution in [2.45, 2.75) is 77.0 Å². The van der Waals surface area contributed by atoms with E-state index in [-0.39, 0.29) is 24.3 Å². The molecule has 2 bridgehead atoms. The number of anilines is 2. The first-order valence-corrected chi connectivity index (χ1v) is 14.8. The molecule has 2 aromatic carbocycles. The van der Waals surface area contributed by atoms with Crippen LogP contribution in [0.2, 0.25) is 0 Å². The minimum absolute atomic E-state index is 0.134. The maximum atomic E-state index is 14.1. The quantitative estimate of drug-likeness (QED) is 0.333. The van der Waals surface area contributed by atoms with E-state index in [2.05, 4.69) is 10.6 Å². The van der Waals surface area contributed by atoms with Crippen LogP contribution in [-0.2, 0) is 19.1 Å². The fourth-order valence-corrected chi connectivity index (χ4v) is 6.97. The normalized spacial score (nSPS) is 26.2. The van der Waals surface area contributed by atoms with E-state index < -0.39 is 29.6 Å². The van der Waals surface area contributed by atoms with Crippen LogP contribution >= 0.6 is 0 Å². The molecule has 3 heterocycles. The molecule has 1 spiro atoms. The van der Waals surface area contributed by atoms with Crippen LogP contribution in [0, 0.1) is 25.7 Å². The highest BCUT2D eigenvalue weighted by molar-refractivity contribution is 6.05. The van der Waals surface area contributed by atoms with Crippen LogP contribution in [0.3, 0.4) is 0 Å². The van der Waals surface area contributed by atoms with Gasteiger partial charge in [0, 0.05) is 24.5 Å². The Hall–Kier alpha value is -3.43. The summed E-state index contributed by atoms with van der Waals surface area (Å²) in [5, 5.41) is 15.2. The van der Waals surface area contributed by atoms with E-state index in [1.54, 1.807) is 29.2 Å². The number of likely N-dealkylation sites (tertiary alicyclic amines) is 1. The van der Waals surface area contributed by atoms with Crippen LogP contribution in [0.4, 0.5) is 11.4 Å². The first-order valence-electron chi connectivity index (χ1n) is 14.8. The lowest BCUT2D eigenvalue weighted by molar-refractivity contribution is -0.139. The molecular formula is C32H41N3O6. The Balaban J connectivity index is 1.41. The van der Waals surface area contributed by atoms with E-state index in [9.17, 15) is 14.4 Å². The zero-order valence-corrected chi connectivity index (χ0v) is 24.2. The summed E-state index contributed by atoms with van der Waals surface area (Å²) in [6, 6.07) is 12.2. The minimum Gasteiger partial charge on any atom is -0.494 e. The predicted molar refractivity (Wildman–Crippen MR) is 156 cm³/mol. The Bertz CT molecular complexity index is 1260. The Morgan fingerprint density at radius 3 is 2.41 bits per heavy atom. The van der Waals surface area contributed by atoms with E-state index in [0.29, 0.717) is 50.3 Å². The van der Waals surface area contributed by atoms with Gasteiger partial charge < -0.3 is 30.1 Å². The summed E-state index contributed by atoms with van der Waals surface area (Å²) in [6.45, 7) is 6.88. The lowest BCUT2D eigenvalue weighted by Gasteiger charge is -2.33. The van der Waals surface area contributed by atoms with Gasteiger partial charge in [-0.1, -0.05) is 31.0 Å². The average molecular weight is 564 g/mol. The van der Waals surface area contributed by atoms with Crippen molar-refractivity contribution in [2.24, 2.45) is 11.8 Å². The number of ether oxygens (including phenoxy) is 2. The van der Waals surface area contributed by atoms with Crippen molar-refractivity contribution in [3.05, 3.63) is 53.6 Å². The number of aliphatic hydroxyl groups excluding tert-OH is 1. The highest BCUT2D eigenvalue weighted by Gasteiger charge is 2.74. The zero-order valence-electron chi connectivity index (χ0n) is 24.2. The maximum absolute atomic E-state index is 14.1. The number of para-hydroxylation sites is 1. The number of hydrogen-bond donors (Lipinski definition) is 3. The van der Waals surface area contributed by atoms with E-state index >= 15 is 0 Å². The third kappa shape index (κ3) is 5.45. The van der Waals surface area contributed by atoms with Crippen molar-refractivity contribution in [1.82, 2.24) is 4.90 Å². The first-order chi connectivity index (χ1) is 19.8. The summed E-state index contributed by atoms with van der Waals surface area (Å²) >= 11 is 0. The van der Waals surface area contributed by atoms with E-state index in [4.69, 9.17) is 14.6 Å². The van der Waals surface area contributed by atoms with Crippen LogP contribution in [0.15, 0.2) is 42.5 Å². The van der Waals surface area contributed by atoms with Crippen molar-refractivity contribution in [3.8, 4) is 5.75 Å². The topological polar surface area (TPSA) is 117 Å². The molecule has 3 saturated heterocycles. The number of rotatable bonds is 12. The van der Waals surface area contributed by atoms with Gasteiger partial charge in [0.25, 0.3) is 0 Å². The number of amides is 3. The summed E-state index contributed by atoms with van der Waals surface area (Å²) in [4.78, 5) is 43.5. The maximum Gasteiger partial charge on any atom is 0.250 e. The van der Waals surface area contributed by atoms with Crippen molar-refractivity contribution in [2.75, 3.05) is 30.4 Å². The molecule has 0 aliphatic carbocycles. The Morgan fingerprint density at radius 1 is 1.02 bits per heavy atom. The second-order valence-corrected chi connectivity index (χ2v) is 11.4. The molecule has 220 valence electrons. The number of hydrogen-bond acceptors (Lipinski definition) is 6. The van der Waals surface area contributed by atoms with Gasteiger partial charge in [-0.15, -0.1) is 0 Å². The molecule has 0 radical (unpaired) electrons. The van der Waals surface area contributed by atoms with Crippen molar-refractivity contribution < 1.29 is 29.0 Å². The second kappa shape index (κ2) is 12.2. The average Bonchev–Trinajstić information content (AvgIpc) is 3.59. The van der Waals surface area contributed by atoms with E-state index in [1.807, 2.05) is 39.0 Å². The molecule has 2 unspecified atom stereocenters. The third-order valence-electron chi connectivity index (χ3n) is 8.82. The number of unbranched alkanes of at least 4 members (excludes halogenated alkanes) is 3. The number of fused-ring (bicyclic) bond motifs is 1. The molecular weight excluding hydrogens is 522 g/mol. The summed E-state index contributed by atoms with van der Waals surface area (Å²) in [5.74, 6) is -1.43. The Labute approximate surface area is 241 Å². The molecule has 0 saturated carbocycles. The van der Waals surface area contributed by atoms with Gasteiger partial charge in [-0.25, -0.2) is 0 Å². The molecule has 3 amide bonds. The fourth-order valence-electron chi connectivity index (χ4n) is 6.97. The smallest absolute Gasteiger partial charge is 0.250 e. The highest BCUT2D eigenvalue weighted by Crippen LogP contribution is 2.58. The van der Waals surface area contributed by atoms with Crippen molar-refractivity contribution in [3.63, 3.8) is 0 Å². The van der Waals surface area contributed by atoms with Gasteiger partial charge in [0.15, 0.2) is 0 Å². The lowest BCUT2D eigenvalue weighted by Crippen LogP contribution is -2.53. The van der Waals surface area contributed by atoms with Crippen molar-refractivity contribution >= 4 is 29.1 Å². The van der Waals surface area contributed by atoms with Crippen LogP contribution in [0.25, 0.3) is 0 Å². The van der Waals surface area contributed by atoms with Crippen LogP contribution in [0.1, 0.15) is 56.6 Å². The molecule has 3 N–H and O–H groups in total. The van der Waals surface area contributed by atoms with Gasteiger partial charge in [-0.05, 0) is 81.8 Å². The Morgan fingerprint density at radius 2 is 1.73 bits per heavy atom. The lowest BCUT2D eigenvalue weighted by atomic mass is 9.70. The number of nitrogens with one attached hydrogen (secondary N) is 2. The Kier molecular flexibility index (Phi) is 8.66. The molecule has 3 aliphatic rings. The summed E-state index contributed by atoms with van der Waals surface area (Å²) in [7, 11) is 0. The first kappa shape index (κ1) is 29.1. The SMILES string of the molecule is CCOc1ccc(NC(=O)[C@@H]2[C@H]3C(=O)N(CCCCCCO)C(C(=O)Nc4c(C)cccc4C)C34CC[C@H]2O4)cc1. The van der Waals surface area contributed by atoms with Crippen molar-refractivity contribution in [1.29, 1.82) is 0 Å². The van der Waals surface area contributed by atoms with Gasteiger partial charge in [-0.3, -0.25) is 14.4 Å². The largest absolute Gasteiger partial charge is 0.494 e. The number of carbonyl (C=O) groups is 3. The van der Waals surface area contributed by atoms with E-state index in [1.165, 1.54) is 0 Å². The van der Waals surface area contributed by atoms with Gasteiger partial charge in [-0.2, -0.15) is 0 Å². The zero-order chi connectivity index (χ0) is 29.1. The predicted octanol–water partition coefficient (Wildman–Crippen LogP) is 4.21. The van der Waals surface area contributed by atoms with Gasteiger partial charge in [0.2, 0.25) is 17.7 Å². The van der Waals surface area contributed by atoms with Gasteiger partial charge >= 0.3 is 0 Å². The molecule has 9 heteroatoms. The fraction of sp³-hybridized carbons (Fsp3) is 0.531. The molecule has 3 fully saturated rings. The number of aliphatic hydroxyl groups is 1. The summed E-state index contributed by atoms with van der Waals surface area (Å²) < 4.78 is 12.0. The molecule has 5 rings (SSSR count). The molecule has 3 aliphatic heterocycles. The van der Waals surface area contributed by atoms with Crippen LogP contribution in [0.5, 0.6) is 5.75 Å². The van der Waals surface area contributed by atoms with Crippen LogP contribution in [-0.4, -0.2) is 65.2 Å². The molecule has 9 nitrogen and oxygen atoms in total. The summed E-state index contributed by atoms with van der Waals surface area (Å²) in [5.41, 5.74) is 2.19. The standard InChI is InChI=1S/C32H41N3O6/c1-4-40-23-14-12-22(13-15-23)33-29(37)25-24-16-17-32(41-24)26(25)31(39)35(18-7-5-6-8-19-36)28(32)30(38)34-27-20(2)10-9-11-21(27)3/h9-15,24-26,28,36H,4-8,16-19H2,1-3H3,(H,33,37)(H,34,38)/t24-,25+,26+,28?,32?/m1/s1. The number of nitrogens with zero attached hydrogens (tertiary/aromatic N) is 1. The molecule has 41 heavy (non-hydrogen) atoms. The summed E-state index contributed by atoms with van der Waals surface area (Å²) in [6.07, 6.45) is 3.82. The second-order valence-electron chi connectivity index (χ2n) is 11.4. The van der Waals surface area contributed by atoms with Gasteiger partial charge in [0.05, 0.1) is 24.5 Å². The number of aryl methyl sites for hydroxylation is 2. The third-order valence-corrected chi connectivity index (χ3v) is 8.82. The van der Waals surface area contributed by atoms with E-state index in [0.717, 1.165) is 29.7 Å². The van der Waals surface area contributed by atoms with Gasteiger partial charge in [0.1, 0.15) is 17.4 Å². The minimum atomic E-state index is -1.05. The monoisotopic (exact) mass is 563 g/mol. The van der Waals surface area contributed by atoms with Crippen LogP contribution < -0.4 is 15.4 Å². The molecule has 2 aromatic rings.